The van der Waals surface area contributed by atoms with Gasteiger partial charge in [0, 0.05) is 38.8 Å². The molecule has 1 saturated heterocycles. The Labute approximate surface area is 107 Å². The molecule has 0 spiro atoms. The number of alkyl halides is 2. The van der Waals surface area contributed by atoms with Crippen LogP contribution in [0.25, 0.3) is 0 Å². The first kappa shape index (κ1) is 15.3. The van der Waals surface area contributed by atoms with Crippen LogP contribution in [-0.2, 0) is 9.53 Å². The monoisotopic (exact) mass is 264 g/mol. The van der Waals surface area contributed by atoms with Crippen LogP contribution >= 0.6 is 0 Å². The Morgan fingerprint density at radius 2 is 1.67 bits per heavy atom. The summed E-state index contributed by atoms with van der Waals surface area (Å²) in [7, 11) is 1.17. The van der Waals surface area contributed by atoms with E-state index >= 15 is 0 Å². The molecule has 1 fully saturated rings. The highest BCUT2D eigenvalue weighted by molar-refractivity contribution is 5.83. The van der Waals surface area contributed by atoms with Gasteiger partial charge >= 0.3 is 5.92 Å². The molecule has 4 nitrogen and oxygen atoms in total. The van der Waals surface area contributed by atoms with E-state index in [1.165, 1.54) is 12.0 Å². The van der Waals surface area contributed by atoms with Crippen molar-refractivity contribution >= 4 is 5.91 Å². The highest BCUT2D eigenvalue weighted by Gasteiger charge is 2.43. The van der Waals surface area contributed by atoms with Gasteiger partial charge in [-0.3, -0.25) is 9.69 Å². The summed E-state index contributed by atoms with van der Waals surface area (Å²) in [5.41, 5.74) is 0.00415. The molecule has 0 aromatic carbocycles. The van der Waals surface area contributed by atoms with Crippen LogP contribution in [0.15, 0.2) is 0 Å². The summed E-state index contributed by atoms with van der Waals surface area (Å²) in [6.07, 6.45) is 0. The van der Waals surface area contributed by atoms with Crippen LogP contribution in [0.5, 0.6) is 0 Å². The summed E-state index contributed by atoms with van der Waals surface area (Å²) in [5, 5.41) is 0. The summed E-state index contributed by atoms with van der Waals surface area (Å²) < 4.78 is 31.2. The molecule has 0 unspecified atom stereocenters. The predicted octanol–water partition coefficient (Wildman–Crippen LogP) is 1.21. The molecule has 0 aromatic rings. The molecule has 0 N–H and O–H groups in total. The van der Waals surface area contributed by atoms with Gasteiger partial charge in [-0.2, -0.15) is 8.78 Å². The molecule has 1 aliphatic heterocycles. The van der Waals surface area contributed by atoms with Crippen molar-refractivity contribution in [1.29, 1.82) is 0 Å². The zero-order chi connectivity index (χ0) is 14.0. The Kier molecular flexibility index (Phi) is 4.66. The van der Waals surface area contributed by atoms with E-state index in [9.17, 15) is 13.6 Å². The van der Waals surface area contributed by atoms with Crippen molar-refractivity contribution in [2.24, 2.45) is 0 Å². The van der Waals surface area contributed by atoms with Gasteiger partial charge in [-0.05, 0) is 20.8 Å². The maximum atomic E-state index is 13.4. The molecule has 0 aromatic heterocycles. The predicted molar refractivity (Wildman–Crippen MR) is 64.7 cm³/mol. The average molecular weight is 264 g/mol. The third kappa shape index (κ3) is 3.62. The molecule has 106 valence electrons. The number of amides is 1. The Balaban J connectivity index is 2.55. The smallest absolute Gasteiger partial charge is 0.347 e. The molecule has 0 bridgehead atoms. The molecule has 18 heavy (non-hydrogen) atoms. The molecule has 1 rings (SSSR count). The fourth-order valence-corrected chi connectivity index (χ4v) is 2.05. The third-order valence-corrected chi connectivity index (χ3v) is 3.15. The van der Waals surface area contributed by atoms with Gasteiger partial charge in [0.15, 0.2) is 0 Å². The minimum atomic E-state index is -3.42. The lowest BCUT2D eigenvalue weighted by molar-refractivity contribution is -0.166. The van der Waals surface area contributed by atoms with Crippen LogP contribution in [0.1, 0.15) is 20.8 Å². The summed E-state index contributed by atoms with van der Waals surface area (Å²) in [6, 6.07) is 0. The Bertz CT molecular complexity index is 295. The van der Waals surface area contributed by atoms with Crippen LogP contribution < -0.4 is 0 Å². The SMILES string of the molecule is COCC(F)(F)C(=O)N1CCN(C(C)(C)C)CC1. The summed E-state index contributed by atoms with van der Waals surface area (Å²) >= 11 is 0. The molecule has 1 amide bonds. The van der Waals surface area contributed by atoms with E-state index in [4.69, 9.17) is 0 Å². The molecule has 6 heteroatoms. The first-order chi connectivity index (χ1) is 8.18. The lowest BCUT2D eigenvalue weighted by Crippen LogP contribution is -2.57. The van der Waals surface area contributed by atoms with Gasteiger partial charge in [-0.1, -0.05) is 0 Å². The van der Waals surface area contributed by atoms with Gasteiger partial charge < -0.3 is 9.64 Å². The number of methoxy groups -OCH3 is 1. The zero-order valence-electron chi connectivity index (χ0n) is 11.5. The number of halogens is 2. The molecule has 0 aliphatic carbocycles. The van der Waals surface area contributed by atoms with E-state index < -0.39 is 18.4 Å². The molecule has 1 aliphatic rings. The fraction of sp³-hybridized carbons (Fsp3) is 0.917. The van der Waals surface area contributed by atoms with Gasteiger partial charge in [0.25, 0.3) is 5.91 Å². The van der Waals surface area contributed by atoms with Crippen molar-refractivity contribution in [1.82, 2.24) is 9.80 Å². The maximum Gasteiger partial charge on any atom is 0.347 e. The number of rotatable bonds is 3. The summed E-state index contributed by atoms with van der Waals surface area (Å²) in [6.45, 7) is 7.30. The number of carbonyl (C=O) groups excluding carboxylic acids is 1. The number of hydrogen-bond donors (Lipinski definition) is 0. The Hall–Kier alpha value is -0.750. The van der Waals surface area contributed by atoms with Crippen LogP contribution in [0.3, 0.4) is 0 Å². The second-order valence-corrected chi connectivity index (χ2v) is 5.59. The highest BCUT2D eigenvalue weighted by atomic mass is 19.3. The van der Waals surface area contributed by atoms with Gasteiger partial charge in [-0.25, -0.2) is 0 Å². The minimum absolute atomic E-state index is 0.00415. The number of piperazine rings is 1. The Morgan fingerprint density at radius 3 is 2.06 bits per heavy atom. The van der Waals surface area contributed by atoms with Crippen molar-refractivity contribution in [3.05, 3.63) is 0 Å². The third-order valence-electron chi connectivity index (χ3n) is 3.15. The van der Waals surface area contributed by atoms with Crippen LogP contribution in [0.2, 0.25) is 0 Å². The minimum Gasteiger partial charge on any atom is -0.378 e. The van der Waals surface area contributed by atoms with E-state index in [0.29, 0.717) is 26.2 Å². The second-order valence-electron chi connectivity index (χ2n) is 5.59. The number of carbonyl (C=O) groups is 1. The number of ether oxygens (including phenoxy) is 1. The molecule has 1 heterocycles. The van der Waals surface area contributed by atoms with Gasteiger partial charge in [-0.15, -0.1) is 0 Å². The van der Waals surface area contributed by atoms with Crippen LogP contribution in [-0.4, -0.2) is 67.1 Å². The van der Waals surface area contributed by atoms with E-state index in [2.05, 4.69) is 30.4 Å². The molecular formula is C12H22F2N2O2. The molecular weight excluding hydrogens is 242 g/mol. The Morgan fingerprint density at radius 1 is 1.17 bits per heavy atom. The first-order valence-corrected chi connectivity index (χ1v) is 6.09. The van der Waals surface area contributed by atoms with Crippen LogP contribution in [0.4, 0.5) is 8.78 Å². The number of hydrogen-bond acceptors (Lipinski definition) is 3. The standard InChI is InChI=1S/C12H22F2N2O2/c1-11(2,3)16-7-5-15(6-8-16)10(17)12(13,14)9-18-4/h5-9H2,1-4H3. The quantitative estimate of drug-likeness (QED) is 0.768. The number of nitrogens with zero attached hydrogens (tertiary/aromatic N) is 2. The maximum absolute atomic E-state index is 13.4. The molecule has 0 atom stereocenters. The fourth-order valence-electron chi connectivity index (χ4n) is 2.05. The lowest BCUT2D eigenvalue weighted by Gasteiger charge is -2.42. The van der Waals surface area contributed by atoms with Crippen molar-refractivity contribution in [3.8, 4) is 0 Å². The zero-order valence-corrected chi connectivity index (χ0v) is 11.5. The topological polar surface area (TPSA) is 32.8 Å². The lowest BCUT2D eigenvalue weighted by atomic mass is 10.0. The van der Waals surface area contributed by atoms with Crippen molar-refractivity contribution in [2.45, 2.75) is 32.2 Å². The molecule has 0 radical (unpaired) electrons. The normalized spacial score (nSPS) is 19.1. The largest absolute Gasteiger partial charge is 0.378 e. The van der Waals surface area contributed by atoms with Crippen molar-refractivity contribution in [2.75, 3.05) is 39.9 Å². The van der Waals surface area contributed by atoms with E-state index in [0.717, 1.165) is 0 Å². The summed E-state index contributed by atoms with van der Waals surface area (Å²) in [5.74, 6) is -4.54. The van der Waals surface area contributed by atoms with E-state index in [1.54, 1.807) is 0 Å². The molecule has 0 saturated carbocycles. The van der Waals surface area contributed by atoms with Gasteiger partial charge in [0.05, 0.1) is 0 Å². The highest BCUT2D eigenvalue weighted by Crippen LogP contribution is 2.21. The van der Waals surface area contributed by atoms with Crippen LogP contribution in [0, 0.1) is 0 Å². The second kappa shape index (κ2) is 5.48. The van der Waals surface area contributed by atoms with E-state index in [-0.39, 0.29) is 5.54 Å². The first-order valence-electron chi connectivity index (χ1n) is 6.09. The average Bonchev–Trinajstić information content (AvgIpc) is 2.27. The summed E-state index contributed by atoms with van der Waals surface area (Å²) in [4.78, 5) is 15.1. The van der Waals surface area contributed by atoms with Crippen molar-refractivity contribution in [3.63, 3.8) is 0 Å². The van der Waals surface area contributed by atoms with E-state index in [1.807, 2.05) is 0 Å². The van der Waals surface area contributed by atoms with Crippen molar-refractivity contribution < 1.29 is 18.3 Å². The van der Waals surface area contributed by atoms with Gasteiger partial charge in [0.2, 0.25) is 0 Å². The van der Waals surface area contributed by atoms with Gasteiger partial charge in [0.1, 0.15) is 6.61 Å².